The van der Waals surface area contributed by atoms with Gasteiger partial charge in [-0.1, -0.05) is 6.92 Å². The monoisotopic (exact) mass is 266 g/mol. The number of nitrogen functional groups attached to an aromatic ring is 1. The maximum Gasteiger partial charge on any atom is 0.273 e. The lowest BCUT2D eigenvalue weighted by atomic mass is 10.0. The zero-order valence-corrected chi connectivity index (χ0v) is 11.6. The predicted molar refractivity (Wildman–Crippen MR) is 72.9 cm³/mol. The molecule has 19 heavy (non-hydrogen) atoms. The Morgan fingerprint density at radius 1 is 1.58 bits per heavy atom. The first-order valence-electron chi connectivity index (χ1n) is 6.72. The molecule has 0 spiro atoms. The maximum absolute atomic E-state index is 12.0. The molecule has 1 fully saturated rings. The largest absolute Gasteiger partial charge is 0.395 e. The van der Waals surface area contributed by atoms with Crippen molar-refractivity contribution in [1.82, 2.24) is 15.5 Å². The van der Waals surface area contributed by atoms with Crippen molar-refractivity contribution in [2.75, 3.05) is 26.0 Å². The molecule has 2 rings (SSSR count). The molecule has 1 aliphatic rings. The number of amides is 1. The number of nitrogens with two attached hydrogens (primary N) is 1. The summed E-state index contributed by atoms with van der Waals surface area (Å²) in [6, 6.07) is 0. The molecule has 1 heterocycles. The van der Waals surface area contributed by atoms with Crippen molar-refractivity contribution in [3.05, 3.63) is 11.4 Å². The van der Waals surface area contributed by atoms with Gasteiger partial charge in [0.05, 0.1) is 11.4 Å². The summed E-state index contributed by atoms with van der Waals surface area (Å²) in [6.07, 6.45) is 4.02. The Bertz CT molecular complexity index is 451. The van der Waals surface area contributed by atoms with Gasteiger partial charge in [-0.05, 0) is 31.1 Å². The van der Waals surface area contributed by atoms with Gasteiger partial charge in [0.15, 0.2) is 5.69 Å². The van der Waals surface area contributed by atoms with Gasteiger partial charge >= 0.3 is 0 Å². The maximum atomic E-state index is 12.0. The van der Waals surface area contributed by atoms with E-state index < -0.39 is 0 Å². The standard InChI is InChI=1S/C13H22N4O2/c1-3-9-10(14)11(17-16-9)12(18)15-8-13(4-5-13)6-7-19-2/h3-8,14H2,1-2H3,(H,15,18)(H,16,17). The van der Waals surface area contributed by atoms with Crippen LogP contribution in [0.4, 0.5) is 5.69 Å². The average Bonchev–Trinajstić information content (AvgIpc) is 3.09. The van der Waals surface area contributed by atoms with Crippen LogP contribution < -0.4 is 11.1 Å². The molecule has 4 N–H and O–H groups in total. The number of carbonyl (C=O) groups is 1. The van der Waals surface area contributed by atoms with Gasteiger partial charge in [0.1, 0.15) is 0 Å². The zero-order chi connectivity index (χ0) is 13.9. The highest BCUT2D eigenvalue weighted by molar-refractivity contribution is 5.97. The number of aromatic nitrogens is 2. The number of rotatable bonds is 7. The average molecular weight is 266 g/mol. The number of ether oxygens (including phenoxy) is 1. The molecule has 0 atom stereocenters. The quantitative estimate of drug-likeness (QED) is 0.689. The second-order valence-corrected chi connectivity index (χ2v) is 5.24. The topological polar surface area (TPSA) is 93.0 Å². The Morgan fingerprint density at radius 2 is 2.32 bits per heavy atom. The summed E-state index contributed by atoms with van der Waals surface area (Å²) in [4.78, 5) is 12.0. The van der Waals surface area contributed by atoms with Crippen LogP contribution in [0.5, 0.6) is 0 Å². The van der Waals surface area contributed by atoms with Gasteiger partial charge in [-0.2, -0.15) is 5.10 Å². The Hall–Kier alpha value is -1.56. The highest BCUT2D eigenvalue weighted by atomic mass is 16.5. The number of anilines is 1. The number of nitrogens with zero attached hydrogens (tertiary/aromatic N) is 1. The Balaban J connectivity index is 1.89. The summed E-state index contributed by atoms with van der Waals surface area (Å²) in [5, 5.41) is 9.71. The molecule has 0 aliphatic heterocycles. The number of hydrogen-bond donors (Lipinski definition) is 3. The Labute approximate surface area is 113 Å². The molecule has 1 aromatic heterocycles. The van der Waals surface area contributed by atoms with Crippen molar-refractivity contribution >= 4 is 11.6 Å². The summed E-state index contributed by atoms with van der Waals surface area (Å²) in [6.45, 7) is 3.37. The van der Waals surface area contributed by atoms with Gasteiger partial charge in [-0.3, -0.25) is 9.89 Å². The minimum Gasteiger partial charge on any atom is -0.395 e. The van der Waals surface area contributed by atoms with Gasteiger partial charge < -0.3 is 15.8 Å². The summed E-state index contributed by atoms with van der Waals surface area (Å²) >= 11 is 0. The Morgan fingerprint density at radius 3 is 2.84 bits per heavy atom. The number of H-pyrrole nitrogens is 1. The first kappa shape index (κ1) is 13.9. The third kappa shape index (κ3) is 3.07. The molecule has 0 saturated heterocycles. The van der Waals surface area contributed by atoms with E-state index in [9.17, 15) is 4.79 Å². The molecule has 1 amide bonds. The van der Waals surface area contributed by atoms with Crippen LogP contribution in [0.2, 0.25) is 0 Å². The number of aryl methyl sites for hydroxylation is 1. The lowest BCUT2D eigenvalue weighted by Gasteiger charge is -2.14. The summed E-state index contributed by atoms with van der Waals surface area (Å²) < 4.78 is 5.10. The lowest BCUT2D eigenvalue weighted by molar-refractivity contribution is 0.0934. The smallest absolute Gasteiger partial charge is 0.273 e. The molecule has 0 radical (unpaired) electrons. The molecular formula is C13H22N4O2. The number of aromatic amines is 1. The van der Waals surface area contributed by atoms with Crippen LogP contribution in [-0.4, -0.2) is 36.4 Å². The number of nitrogens with one attached hydrogen (secondary N) is 2. The molecule has 0 bridgehead atoms. The summed E-state index contributed by atoms with van der Waals surface area (Å²) in [7, 11) is 1.70. The van der Waals surface area contributed by atoms with Crippen LogP contribution in [0.15, 0.2) is 0 Å². The molecular weight excluding hydrogens is 244 g/mol. The Kier molecular flexibility index (Phi) is 4.09. The zero-order valence-electron chi connectivity index (χ0n) is 11.6. The lowest BCUT2D eigenvalue weighted by Crippen LogP contribution is -2.31. The van der Waals surface area contributed by atoms with Crippen molar-refractivity contribution in [3.63, 3.8) is 0 Å². The minimum atomic E-state index is -0.197. The van der Waals surface area contributed by atoms with Gasteiger partial charge in [-0.25, -0.2) is 0 Å². The van der Waals surface area contributed by atoms with Gasteiger partial charge in [0, 0.05) is 20.3 Å². The molecule has 1 saturated carbocycles. The van der Waals surface area contributed by atoms with E-state index in [1.807, 2.05) is 6.92 Å². The van der Waals surface area contributed by atoms with Crippen molar-refractivity contribution in [3.8, 4) is 0 Å². The van der Waals surface area contributed by atoms with Gasteiger partial charge in [-0.15, -0.1) is 0 Å². The van der Waals surface area contributed by atoms with Crippen LogP contribution >= 0.6 is 0 Å². The fourth-order valence-corrected chi connectivity index (χ4v) is 2.19. The highest BCUT2D eigenvalue weighted by Gasteiger charge is 2.42. The van der Waals surface area contributed by atoms with E-state index in [0.29, 0.717) is 17.9 Å². The summed E-state index contributed by atoms with van der Waals surface area (Å²) in [5.41, 5.74) is 7.68. The van der Waals surface area contributed by atoms with E-state index in [-0.39, 0.29) is 11.3 Å². The van der Waals surface area contributed by atoms with Crippen molar-refractivity contribution in [1.29, 1.82) is 0 Å². The molecule has 0 aromatic carbocycles. The van der Waals surface area contributed by atoms with Gasteiger partial charge in [0.2, 0.25) is 0 Å². The minimum absolute atomic E-state index is 0.197. The third-order valence-corrected chi connectivity index (χ3v) is 3.87. The highest BCUT2D eigenvalue weighted by Crippen LogP contribution is 2.48. The van der Waals surface area contributed by atoms with Gasteiger partial charge in [0.25, 0.3) is 5.91 Å². The van der Waals surface area contributed by atoms with Crippen LogP contribution in [-0.2, 0) is 11.2 Å². The molecule has 1 aromatic rings. The van der Waals surface area contributed by atoms with E-state index in [1.165, 1.54) is 0 Å². The molecule has 6 nitrogen and oxygen atoms in total. The first-order chi connectivity index (χ1) is 9.12. The number of carbonyl (C=O) groups excluding carboxylic acids is 1. The second-order valence-electron chi connectivity index (χ2n) is 5.24. The fourth-order valence-electron chi connectivity index (χ4n) is 2.19. The first-order valence-corrected chi connectivity index (χ1v) is 6.72. The SMILES string of the molecule is CCc1[nH]nc(C(=O)NCC2(CCOC)CC2)c1N. The van der Waals surface area contributed by atoms with Crippen LogP contribution in [0.25, 0.3) is 0 Å². The summed E-state index contributed by atoms with van der Waals surface area (Å²) in [5.74, 6) is -0.197. The number of hydrogen-bond acceptors (Lipinski definition) is 4. The molecule has 0 unspecified atom stereocenters. The van der Waals surface area contributed by atoms with Crippen molar-refractivity contribution in [2.45, 2.75) is 32.6 Å². The van der Waals surface area contributed by atoms with Crippen LogP contribution in [0.3, 0.4) is 0 Å². The van der Waals surface area contributed by atoms with Crippen LogP contribution in [0, 0.1) is 5.41 Å². The van der Waals surface area contributed by atoms with Crippen molar-refractivity contribution < 1.29 is 9.53 Å². The normalized spacial score (nSPS) is 16.3. The fraction of sp³-hybridized carbons (Fsp3) is 0.692. The second kappa shape index (κ2) is 5.61. The van der Waals surface area contributed by atoms with E-state index in [2.05, 4.69) is 15.5 Å². The van der Waals surface area contributed by atoms with Crippen molar-refractivity contribution in [2.24, 2.45) is 5.41 Å². The third-order valence-electron chi connectivity index (χ3n) is 3.87. The van der Waals surface area contributed by atoms with Crippen LogP contribution in [0.1, 0.15) is 42.4 Å². The van der Waals surface area contributed by atoms with E-state index in [1.54, 1.807) is 7.11 Å². The van der Waals surface area contributed by atoms with E-state index in [4.69, 9.17) is 10.5 Å². The molecule has 106 valence electrons. The van der Waals surface area contributed by atoms with E-state index >= 15 is 0 Å². The number of methoxy groups -OCH3 is 1. The molecule has 6 heteroatoms. The predicted octanol–water partition coefficient (Wildman–Crippen LogP) is 1.10. The molecule has 1 aliphatic carbocycles. The van der Waals surface area contributed by atoms with E-state index in [0.717, 1.165) is 38.0 Å².